The second-order valence-corrected chi connectivity index (χ2v) is 9.30. The van der Waals surface area contributed by atoms with E-state index in [2.05, 4.69) is 83.6 Å². The van der Waals surface area contributed by atoms with E-state index in [4.69, 9.17) is 9.97 Å². The Labute approximate surface area is 207 Å². The summed E-state index contributed by atoms with van der Waals surface area (Å²) < 4.78 is 2.06. The third-order valence-electron chi connectivity index (χ3n) is 6.20. The van der Waals surface area contributed by atoms with Gasteiger partial charge in [0.15, 0.2) is 17.0 Å². The molecule has 0 spiro atoms. The lowest BCUT2D eigenvalue weighted by Gasteiger charge is -2.33. The summed E-state index contributed by atoms with van der Waals surface area (Å²) in [7, 11) is 0. The number of aromatic nitrogens is 5. The molecular formula is C27H35N7O. The minimum Gasteiger partial charge on any atom is -0.394 e. The van der Waals surface area contributed by atoms with E-state index < -0.39 is 0 Å². The van der Waals surface area contributed by atoms with Crippen LogP contribution in [-0.4, -0.2) is 48.3 Å². The lowest BCUT2D eigenvalue weighted by molar-refractivity contribution is 0.250. The van der Waals surface area contributed by atoms with Crippen molar-refractivity contribution in [3.63, 3.8) is 0 Å². The number of nitrogens with zero attached hydrogens (tertiary/aromatic N) is 6. The Bertz CT molecular complexity index is 1230. The Morgan fingerprint density at radius 3 is 2.37 bits per heavy atom. The molecule has 3 heterocycles. The monoisotopic (exact) mass is 473 g/mol. The number of rotatable bonds is 10. The van der Waals surface area contributed by atoms with Gasteiger partial charge in [-0.2, -0.15) is 9.97 Å². The van der Waals surface area contributed by atoms with Gasteiger partial charge < -0.3 is 19.9 Å². The molecule has 3 aromatic heterocycles. The summed E-state index contributed by atoms with van der Waals surface area (Å²) in [6, 6.07) is 14.6. The van der Waals surface area contributed by atoms with E-state index in [1.165, 1.54) is 0 Å². The predicted octanol–water partition coefficient (Wildman–Crippen LogP) is 5.07. The molecule has 1 aromatic carbocycles. The number of hydrogen-bond donors (Lipinski definition) is 2. The molecule has 35 heavy (non-hydrogen) atoms. The molecule has 8 nitrogen and oxygen atoms in total. The molecule has 4 aromatic rings. The summed E-state index contributed by atoms with van der Waals surface area (Å²) in [4.78, 5) is 21.0. The van der Waals surface area contributed by atoms with Crippen molar-refractivity contribution in [2.75, 3.05) is 16.8 Å². The van der Waals surface area contributed by atoms with Crippen molar-refractivity contribution < 1.29 is 5.11 Å². The van der Waals surface area contributed by atoms with E-state index in [0.717, 1.165) is 34.4 Å². The molecular weight excluding hydrogens is 438 g/mol. The van der Waals surface area contributed by atoms with E-state index >= 15 is 0 Å². The molecule has 0 bridgehead atoms. The van der Waals surface area contributed by atoms with Crippen molar-refractivity contribution in [1.82, 2.24) is 24.5 Å². The van der Waals surface area contributed by atoms with Crippen LogP contribution in [0.4, 0.5) is 11.8 Å². The molecule has 0 radical (unpaired) electrons. The first-order chi connectivity index (χ1) is 16.9. The summed E-state index contributed by atoms with van der Waals surface area (Å²) in [5, 5.41) is 13.5. The summed E-state index contributed by atoms with van der Waals surface area (Å²) in [5.74, 6) is 1.29. The van der Waals surface area contributed by atoms with Crippen LogP contribution in [0.1, 0.15) is 52.6 Å². The summed E-state index contributed by atoms with van der Waals surface area (Å²) >= 11 is 0. The summed E-state index contributed by atoms with van der Waals surface area (Å²) in [6.07, 6.45) is 4.42. The topological polar surface area (TPSA) is 92.0 Å². The zero-order valence-corrected chi connectivity index (χ0v) is 21.2. The third kappa shape index (κ3) is 5.27. The maximum absolute atomic E-state index is 10.0. The molecule has 0 aliphatic heterocycles. The number of pyridine rings is 1. The van der Waals surface area contributed by atoms with Gasteiger partial charge in [0.25, 0.3) is 0 Å². The largest absolute Gasteiger partial charge is 0.394 e. The van der Waals surface area contributed by atoms with Crippen LogP contribution in [0.15, 0.2) is 55.0 Å². The fourth-order valence-electron chi connectivity index (χ4n) is 4.26. The second-order valence-electron chi connectivity index (χ2n) is 9.30. The maximum Gasteiger partial charge on any atom is 0.230 e. The van der Waals surface area contributed by atoms with Crippen LogP contribution in [0, 0.1) is 0 Å². The maximum atomic E-state index is 10.0. The Morgan fingerprint density at radius 1 is 1.00 bits per heavy atom. The van der Waals surface area contributed by atoms with Crippen LogP contribution in [0.25, 0.3) is 22.4 Å². The normalized spacial score (nSPS) is 12.5. The SMILES string of the molecule is CCC(CO)N(c1nc(NCc2ccc(-c3ccccn3)cc2)c2ncn(C(C)C)c2n1)C(C)C. The highest BCUT2D eigenvalue weighted by Gasteiger charge is 2.25. The van der Waals surface area contributed by atoms with Crippen molar-refractivity contribution >= 4 is 22.9 Å². The van der Waals surface area contributed by atoms with Crippen LogP contribution >= 0.6 is 0 Å². The van der Waals surface area contributed by atoms with Crippen molar-refractivity contribution in [3.05, 3.63) is 60.6 Å². The van der Waals surface area contributed by atoms with Crippen molar-refractivity contribution in [2.24, 2.45) is 0 Å². The van der Waals surface area contributed by atoms with Gasteiger partial charge in [-0.1, -0.05) is 37.3 Å². The first kappa shape index (κ1) is 24.6. The quantitative estimate of drug-likeness (QED) is 0.332. The molecule has 0 amide bonds. The van der Waals surface area contributed by atoms with Crippen molar-refractivity contribution in [2.45, 2.75) is 65.7 Å². The fraction of sp³-hybridized carbons (Fsp3) is 0.407. The molecule has 0 saturated heterocycles. The first-order valence-electron chi connectivity index (χ1n) is 12.3. The predicted molar refractivity (Wildman–Crippen MR) is 141 cm³/mol. The third-order valence-corrected chi connectivity index (χ3v) is 6.20. The molecule has 2 N–H and O–H groups in total. The molecule has 8 heteroatoms. The molecule has 0 saturated carbocycles. The van der Waals surface area contributed by atoms with Crippen LogP contribution in [0.2, 0.25) is 0 Å². The molecule has 0 fully saturated rings. The van der Waals surface area contributed by atoms with Gasteiger partial charge in [-0.05, 0) is 51.8 Å². The van der Waals surface area contributed by atoms with Crippen LogP contribution in [-0.2, 0) is 6.54 Å². The summed E-state index contributed by atoms with van der Waals surface area (Å²) in [5.41, 5.74) is 4.70. The molecule has 184 valence electrons. The van der Waals surface area contributed by atoms with E-state index in [9.17, 15) is 5.11 Å². The van der Waals surface area contributed by atoms with Gasteiger partial charge in [0, 0.05) is 30.4 Å². The van der Waals surface area contributed by atoms with E-state index in [1.807, 2.05) is 24.5 Å². The highest BCUT2D eigenvalue weighted by atomic mass is 16.3. The van der Waals surface area contributed by atoms with Crippen molar-refractivity contribution in [3.8, 4) is 11.3 Å². The fourth-order valence-corrected chi connectivity index (χ4v) is 4.26. The molecule has 1 atom stereocenters. The number of nitrogens with one attached hydrogen (secondary N) is 1. The minimum atomic E-state index is -0.0603. The Kier molecular flexibility index (Phi) is 7.60. The number of anilines is 2. The van der Waals surface area contributed by atoms with Gasteiger partial charge in [0.2, 0.25) is 5.95 Å². The Morgan fingerprint density at radius 2 is 1.77 bits per heavy atom. The standard InChI is InChI=1S/C27H35N7O/c1-6-22(16-35)34(19(4)5)27-31-25(24-26(32-27)33(17-30-24)18(2)3)29-15-20-10-12-21(13-11-20)23-9-7-8-14-28-23/h7-14,17-19,22,35H,6,15-16H2,1-5H3,(H,29,31,32). The van der Waals surface area contributed by atoms with Gasteiger partial charge in [-0.25, -0.2) is 4.98 Å². The smallest absolute Gasteiger partial charge is 0.230 e. The zero-order chi connectivity index (χ0) is 24.9. The van der Waals surface area contributed by atoms with Gasteiger partial charge in [0.05, 0.1) is 24.7 Å². The number of hydrogen-bond acceptors (Lipinski definition) is 7. The molecule has 0 aliphatic rings. The average Bonchev–Trinajstić information content (AvgIpc) is 3.31. The van der Waals surface area contributed by atoms with E-state index in [1.54, 1.807) is 6.20 Å². The number of benzene rings is 1. The van der Waals surface area contributed by atoms with Crippen LogP contribution in [0.3, 0.4) is 0 Å². The number of aliphatic hydroxyl groups is 1. The average molecular weight is 474 g/mol. The second kappa shape index (κ2) is 10.8. The van der Waals surface area contributed by atoms with Gasteiger partial charge in [0.1, 0.15) is 0 Å². The molecule has 1 unspecified atom stereocenters. The summed E-state index contributed by atoms with van der Waals surface area (Å²) in [6.45, 7) is 11.1. The number of imidazole rings is 1. The number of fused-ring (bicyclic) bond motifs is 1. The minimum absolute atomic E-state index is 0.0465. The lowest BCUT2D eigenvalue weighted by atomic mass is 10.1. The van der Waals surface area contributed by atoms with Crippen molar-refractivity contribution in [1.29, 1.82) is 0 Å². The van der Waals surface area contributed by atoms with Gasteiger partial charge in [-0.15, -0.1) is 0 Å². The van der Waals surface area contributed by atoms with Crippen LogP contribution in [0.5, 0.6) is 0 Å². The van der Waals surface area contributed by atoms with E-state index in [-0.39, 0.29) is 24.7 Å². The van der Waals surface area contributed by atoms with E-state index in [0.29, 0.717) is 18.3 Å². The Balaban J connectivity index is 1.67. The molecule has 0 aliphatic carbocycles. The Hall–Kier alpha value is -3.52. The van der Waals surface area contributed by atoms with Gasteiger partial charge in [-0.3, -0.25) is 4.98 Å². The molecule has 4 rings (SSSR count). The lowest BCUT2D eigenvalue weighted by Crippen LogP contribution is -2.43. The number of aliphatic hydroxyl groups excluding tert-OH is 1. The van der Waals surface area contributed by atoms with Gasteiger partial charge >= 0.3 is 0 Å². The highest BCUT2D eigenvalue weighted by molar-refractivity contribution is 5.84. The van der Waals surface area contributed by atoms with Crippen LogP contribution < -0.4 is 10.2 Å². The zero-order valence-electron chi connectivity index (χ0n) is 21.2. The first-order valence-corrected chi connectivity index (χ1v) is 12.3. The highest BCUT2D eigenvalue weighted by Crippen LogP contribution is 2.28.